The van der Waals surface area contributed by atoms with Gasteiger partial charge in [-0.25, -0.2) is 4.98 Å². The van der Waals surface area contributed by atoms with Crippen molar-refractivity contribution in [1.29, 1.82) is 0 Å². The second kappa shape index (κ2) is 11.1. The summed E-state index contributed by atoms with van der Waals surface area (Å²) in [5.41, 5.74) is 2.95. The van der Waals surface area contributed by atoms with E-state index in [1.165, 1.54) is 0 Å². The van der Waals surface area contributed by atoms with Crippen molar-refractivity contribution in [2.75, 3.05) is 49.5 Å². The maximum Gasteiger partial charge on any atom is 0.224 e. The molecule has 176 valence electrons. The molecule has 8 nitrogen and oxygen atoms in total. The summed E-state index contributed by atoms with van der Waals surface area (Å²) in [7, 11) is 0. The molecule has 2 aliphatic rings. The number of ether oxygens (including phenoxy) is 1. The largest absolute Gasteiger partial charge is 0.494 e. The van der Waals surface area contributed by atoms with Gasteiger partial charge in [0.1, 0.15) is 11.6 Å². The zero-order chi connectivity index (χ0) is 23.0. The van der Waals surface area contributed by atoms with Gasteiger partial charge >= 0.3 is 0 Å². The normalized spacial score (nSPS) is 16.2. The first-order chi connectivity index (χ1) is 16.1. The van der Waals surface area contributed by atoms with Crippen molar-refractivity contribution >= 4 is 23.3 Å². The summed E-state index contributed by atoms with van der Waals surface area (Å²) in [4.78, 5) is 33.0. The molecule has 0 atom stereocenters. The lowest BCUT2D eigenvalue weighted by atomic mass is 10.0. The average Bonchev–Trinajstić information content (AvgIpc) is 2.86. The molecule has 4 rings (SSSR count). The number of hydrogen-bond acceptors (Lipinski definition) is 6. The lowest BCUT2D eigenvalue weighted by molar-refractivity contribution is -0.121. The van der Waals surface area contributed by atoms with Gasteiger partial charge in [0.15, 0.2) is 0 Å². The number of anilines is 2. The third-order valence-corrected chi connectivity index (χ3v) is 6.23. The molecule has 33 heavy (non-hydrogen) atoms. The summed E-state index contributed by atoms with van der Waals surface area (Å²) in [5, 5.41) is 5.82. The molecule has 0 radical (unpaired) electrons. The predicted molar refractivity (Wildman–Crippen MR) is 129 cm³/mol. The minimum Gasteiger partial charge on any atom is -0.494 e. The van der Waals surface area contributed by atoms with Crippen molar-refractivity contribution < 1.29 is 14.3 Å². The lowest BCUT2D eigenvalue weighted by Gasteiger charge is -2.34. The number of nitrogens with zero attached hydrogens (tertiary/aromatic N) is 3. The van der Waals surface area contributed by atoms with Crippen LogP contribution >= 0.6 is 0 Å². The van der Waals surface area contributed by atoms with Gasteiger partial charge in [-0.05, 0) is 54.8 Å². The summed E-state index contributed by atoms with van der Waals surface area (Å²) >= 11 is 0. The highest BCUT2D eigenvalue weighted by Crippen LogP contribution is 2.26. The van der Waals surface area contributed by atoms with E-state index in [2.05, 4.69) is 32.3 Å². The summed E-state index contributed by atoms with van der Waals surface area (Å²) in [5.74, 6) is 1.83. The number of carbonyl (C=O) groups excluding carboxylic acids is 2. The average molecular weight is 452 g/mol. The van der Waals surface area contributed by atoms with E-state index >= 15 is 0 Å². The molecule has 1 aromatic heterocycles. The van der Waals surface area contributed by atoms with Gasteiger partial charge in [-0.3, -0.25) is 9.59 Å². The van der Waals surface area contributed by atoms with Crippen molar-refractivity contribution in [1.82, 2.24) is 15.2 Å². The number of aromatic nitrogens is 1. The minimum absolute atomic E-state index is 0.00603. The number of aryl methyl sites for hydroxylation is 1. The van der Waals surface area contributed by atoms with Crippen molar-refractivity contribution in [2.24, 2.45) is 0 Å². The van der Waals surface area contributed by atoms with Crippen molar-refractivity contribution in [3.05, 3.63) is 47.7 Å². The highest BCUT2D eigenvalue weighted by atomic mass is 16.5. The predicted octanol–water partition coefficient (Wildman–Crippen LogP) is 2.58. The molecule has 2 aliphatic heterocycles. The van der Waals surface area contributed by atoms with E-state index in [4.69, 9.17) is 4.74 Å². The van der Waals surface area contributed by atoms with Crippen LogP contribution in [0.2, 0.25) is 0 Å². The molecule has 1 saturated heterocycles. The van der Waals surface area contributed by atoms with Crippen LogP contribution in [0.1, 0.15) is 37.3 Å². The summed E-state index contributed by atoms with van der Waals surface area (Å²) < 4.78 is 5.79. The molecule has 0 unspecified atom stereocenters. The van der Waals surface area contributed by atoms with Crippen molar-refractivity contribution in [3.8, 4) is 5.75 Å². The van der Waals surface area contributed by atoms with Gasteiger partial charge in [0.05, 0.1) is 6.61 Å². The van der Waals surface area contributed by atoms with E-state index in [0.717, 1.165) is 67.5 Å². The van der Waals surface area contributed by atoms with Crippen LogP contribution in [0.25, 0.3) is 0 Å². The molecule has 0 spiro atoms. The number of carbonyl (C=O) groups is 2. The summed E-state index contributed by atoms with van der Waals surface area (Å²) in [6.45, 7) is 8.40. The molecule has 1 aromatic carbocycles. The molecule has 2 amide bonds. The maximum atomic E-state index is 12.2. The first-order valence-corrected chi connectivity index (χ1v) is 11.8. The topological polar surface area (TPSA) is 86.8 Å². The van der Waals surface area contributed by atoms with Gasteiger partial charge in [-0.15, -0.1) is 0 Å². The lowest BCUT2D eigenvalue weighted by Crippen LogP contribution is -2.46. The second-order valence-electron chi connectivity index (χ2n) is 8.54. The molecule has 2 aromatic rings. The van der Waals surface area contributed by atoms with E-state index in [1.807, 2.05) is 36.5 Å². The number of fused-ring (bicyclic) bond motifs is 1. The Balaban J connectivity index is 1.13. The number of rotatable bonds is 9. The van der Waals surface area contributed by atoms with E-state index in [0.29, 0.717) is 32.4 Å². The van der Waals surface area contributed by atoms with E-state index in [1.54, 1.807) is 0 Å². The molecule has 0 bridgehead atoms. The summed E-state index contributed by atoms with van der Waals surface area (Å²) in [6.07, 6.45) is 4.13. The molecule has 2 N–H and O–H groups in total. The van der Waals surface area contributed by atoms with Gasteiger partial charge in [0.2, 0.25) is 11.8 Å². The van der Waals surface area contributed by atoms with Crippen LogP contribution in [-0.4, -0.2) is 61.0 Å². The third kappa shape index (κ3) is 6.44. The van der Waals surface area contributed by atoms with Crippen LogP contribution in [0.15, 0.2) is 36.5 Å². The van der Waals surface area contributed by atoms with Crippen LogP contribution in [0, 0.1) is 0 Å². The van der Waals surface area contributed by atoms with Gasteiger partial charge in [0, 0.05) is 57.4 Å². The fraction of sp³-hybridized carbons (Fsp3) is 0.480. The first-order valence-electron chi connectivity index (χ1n) is 11.8. The quantitative estimate of drug-likeness (QED) is 0.570. The van der Waals surface area contributed by atoms with E-state index in [9.17, 15) is 9.59 Å². The Hall–Kier alpha value is -3.13. The Morgan fingerprint density at radius 1 is 1.15 bits per heavy atom. The van der Waals surface area contributed by atoms with Crippen LogP contribution in [0.4, 0.5) is 11.5 Å². The fourth-order valence-electron chi connectivity index (χ4n) is 4.16. The Morgan fingerprint density at radius 3 is 2.76 bits per heavy atom. The Kier molecular flexibility index (Phi) is 7.78. The van der Waals surface area contributed by atoms with Crippen molar-refractivity contribution in [2.45, 2.75) is 39.2 Å². The number of pyridine rings is 1. The Bertz CT molecular complexity index is 955. The number of piperazine rings is 1. The highest BCUT2D eigenvalue weighted by Gasteiger charge is 2.17. The van der Waals surface area contributed by atoms with Crippen LogP contribution in [0.3, 0.4) is 0 Å². The fourth-order valence-corrected chi connectivity index (χ4v) is 4.16. The van der Waals surface area contributed by atoms with Gasteiger partial charge in [-0.1, -0.05) is 13.0 Å². The monoisotopic (exact) mass is 451 g/mol. The first kappa shape index (κ1) is 23.0. The van der Waals surface area contributed by atoms with Gasteiger partial charge in [0.25, 0.3) is 0 Å². The minimum atomic E-state index is 0.00603. The number of likely N-dealkylation sites (N-methyl/N-ethyl adjacent to an activating group) is 1. The van der Waals surface area contributed by atoms with Crippen LogP contribution in [-0.2, 0) is 22.6 Å². The Morgan fingerprint density at radius 2 is 2.00 bits per heavy atom. The molecule has 0 saturated carbocycles. The summed E-state index contributed by atoms with van der Waals surface area (Å²) in [6, 6.07) is 9.77. The van der Waals surface area contributed by atoms with E-state index < -0.39 is 0 Å². The zero-order valence-corrected chi connectivity index (χ0v) is 19.3. The molecule has 3 heterocycles. The smallest absolute Gasteiger partial charge is 0.224 e. The number of hydrogen-bond donors (Lipinski definition) is 2. The van der Waals surface area contributed by atoms with Crippen LogP contribution in [0.5, 0.6) is 5.75 Å². The van der Waals surface area contributed by atoms with E-state index in [-0.39, 0.29) is 11.8 Å². The number of amides is 2. The van der Waals surface area contributed by atoms with Crippen molar-refractivity contribution in [3.63, 3.8) is 0 Å². The Labute approximate surface area is 195 Å². The second-order valence-corrected chi connectivity index (χ2v) is 8.54. The maximum absolute atomic E-state index is 12.2. The molecule has 1 fully saturated rings. The number of nitrogens with one attached hydrogen (secondary N) is 2. The highest BCUT2D eigenvalue weighted by molar-refractivity contribution is 5.94. The zero-order valence-electron chi connectivity index (χ0n) is 19.3. The van der Waals surface area contributed by atoms with Crippen LogP contribution < -0.4 is 20.3 Å². The standard InChI is InChI=1S/C25H33N5O3/c1-2-29-11-13-30(14-12-29)23-9-5-19(17-26-23)18-27-24(31)4-3-15-33-21-7-8-22-20(16-21)6-10-25(32)28-22/h5,7-9,16-17H,2-4,6,10-15,18H2,1H3,(H,27,31)(H,28,32). The third-order valence-electron chi connectivity index (χ3n) is 6.23. The number of benzene rings is 1. The SMILES string of the molecule is CCN1CCN(c2ccc(CNC(=O)CCCOc3ccc4c(c3)CCC(=O)N4)cn2)CC1. The molecular weight excluding hydrogens is 418 g/mol. The van der Waals surface area contributed by atoms with Gasteiger partial charge < -0.3 is 25.2 Å². The molecule has 0 aliphatic carbocycles. The van der Waals surface area contributed by atoms with Gasteiger partial charge in [-0.2, -0.15) is 0 Å². The molecule has 8 heteroatoms. The molecular formula is C25H33N5O3.